The highest BCUT2D eigenvalue weighted by molar-refractivity contribution is 7.58. The van der Waals surface area contributed by atoms with E-state index in [4.69, 9.17) is 16.1 Å². The lowest BCUT2D eigenvalue weighted by Gasteiger charge is -2.32. The van der Waals surface area contributed by atoms with E-state index < -0.39 is 21.1 Å². The third-order valence-electron chi connectivity index (χ3n) is 1.31. The van der Waals surface area contributed by atoms with Crippen molar-refractivity contribution in [2.45, 2.75) is 45.6 Å². The first-order valence-electron chi connectivity index (χ1n) is 4.13. The van der Waals surface area contributed by atoms with Crippen LogP contribution in [0.25, 0.3) is 0 Å². The van der Waals surface area contributed by atoms with Gasteiger partial charge in [0, 0.05) is 0 Å². The van der Waals surface area contributed by atoms with Crippen LogP contribution < -0.4 is 0 Å². The first kappa shape index (κ1) is 13.7. The second-order valence-electron chi connectivity index (χ2n) is 4.94. The molecule has 1 unspecified atom stereocenters. The van der Waals surface area contributed by atoms with Gasteiger partial charge in [-0.3, -0.25) is 4.57 Å². The van der Waals surface area contributed by atoms with Crippen molar-refractivity contribution in [3.05, 3.63) is 0 Å². The standard InChI is InChI=1S/C7H18ClO3PSi/c1-7(2,3)12(9,10-8)11-13(4,5)6/h1-6H3. The van der Waals surface area contributed by atoms with Crippen LogP contribution in [0.5, 0.6) is 0 Å². The average molecular weight is 245 g/mol. The first-order valence-corrected chi connectivity index (χ1v) is 9.39. The molecule has 3 nitrogen and oxygen atoms in total. The van der Waals surface area contributed by atoms with Crippen LogP contribution in [0.3, 0.4) is 0 Å². The molecule has 0 spiro atoms. The fourth-order valence-corrected chi connectivity index (χ4v) is 5.79. The lowest BCUT2D eigenvalue weighted by Crippen LogP contribution is -2.29. The molecule has 0 saturated carbocycles. The minimum Gasteiger partial charge on any atom is -0.350 e. The molecule has 0 aliphatic heterocycles. The van der Waals surface area contributed by atoms with Gasteiger partial charge < -0.3 is 4.21 Å². The maximum Gasteiger partial charge on any atom is 0.342 e. The van der Waals surface area contributed by atoms with Gasteiger partial charge in [0.25, 0.3) is 0 Å². The Balaban J connectivity index is 4.79. The van der Waals surface area contributed by atoms with Crippen LogP contribution in [0.4, 0.5) is 0 Å². The normalized spacial score (nSPS) is 18.4. The summed E-state index contributed by atoms with van der Waals surface area (Å²) >= 11 is 5.23. The van der Waals surface area contributed by atoms with E-state index in [0.29, 0.717) is 0 Å². The van der Waals surface area contributed by atoms with Gasteiger partial charge in [0.1, 0.15) is 0 Å². The molecule has 80 valence electrons. The Morgan fingerprint density at radius 1 is 1.23 bits per heavy atom. The molecule has 0 heterocycles. The highest BCUT2D eigenvalue weighted by Crippen LogP contribution is 2.61. The van der Waals surface area contributed by atoms with Crippen LogP contribution in [-0.2, 0) is 12.9 Å². The third kappa shape index (κ3) is 4.13. The average Bonchev–Trinajstić information content (AvgIpc) is 1.81. The van der Waals surface area contributed by atoms with Crippen LogP contribution in [0.2, 0.25) is 19.6 Å². The van der Waals surface area contributed by atoms with E-state index in [2.05, 4.69) is 4.08 Å². The van der Waals surface area contributed by atoms with Gasteiger partial charge in [-0.25, -0.2) is 0 Å². The third-order valence-corrected chi connectivity index (χ3v) is 6.83. The maximum absolute atomic E-state index is 12.1. The summed E-state index contributed by atoms with van der Waals surface area (Å²) in [5.74, 6) is 0. The molecule has 0 N–H and O–H groups in total. The molecule has 13 heavy (non-hydrogen) atoms. The number of halogens is 1. The fourth-order valence-electron chi connectivity index (χ4n) is 0.615. The highest BCUT2D eigenvalue weighted by Gasteiger charge is 2.43. The lowest BCUT2D eigenvalue weighted by molar-refractivity contribution is 0.367. The summed E-state index contributed by atoms with van der Waals surface area (Å²) in [6.45, 7) is 11.2. The van der Waals surface area contributed by atoms with E-state index in [9.17, 15) is 4.57 Å². The Kier molecular flexibility index (Phi) is 4.23. The molecule has 0 radical (unpaired) electrons. The van der Waals surface area contributed by atoms with Gasteiger partial charge in [0.15, 0.2) is 8.32 Å². The van der Waals surface area contributed by atoms with Gasteiger partial charge in [-0.15, -0.1) is 0 Å². The summed E-state index contributed by atoms with van der Waals surface area (Å²) in [5, 5.41) is -0.574. The molecule has 0 aromatic heterocycles. The van der Waals surface area contributed by atoms with E-state index in [-0.39, 0.29) is 0 Å². The quantitative estimate of drug-likeness (QED) is 0.556. The van der Waals surface area contributed by atoms with Crippen LogP contribution in [0.1, 0.15) is 20.8 Å². The van der Waals surface area contributed by atoms with Crippen LogP contribution in [0, 0.1) is 0 Å². The van der Waals surface area contributed by atoms with E-state index in [1.807, 2.05) is 19.6 Å². The van der Waals surface area contributed by atoms with E-state index in [1.54, 1.807) is 20.8 Å². The molecule has 0 rings (SSSR count). The van der Waals surface area contributed by atoms with Gasteiger partial charge in [-0.2, -0.15) is 4.08 Å². The molecule has 0 aliphatic rings. The summed E-state index contributed by atoms with van der Waals surface area (Å²) in [6, 6.07) is 0. The molecule has 0 aromatic rings. The Morgan fingerprint density at radius 3 is 1.69 bits per heavy atom. The Morgan fingerprint density at radius 2 is 1.62 bits per heavy atom. The zero-order valence-electron chi connectivity index (χ0n) is 9.05. The molecule has 6 heteroatoms. The predicted molar refractivity (Wildman–Crippen MR) is 58.7 cm³/mol. The van der Waals surface area contributed by atoms with Crippen LogP contribution >= 0.6 is 19.5 Å². The zero-order valence-corrected chi connectivity index (χ0v) is 11.7. The van der Waals surface area contributed by atoms with E-state index in [1.165, 1.54) is 0 Å². The van der Waals surface area contributed by atoms with Crippen molar-refractivity contribution >= 4 is 27.8 Å². The first-order chi connectivity index (χ1) is 5.52. The van der Waals surface area contributed by atoms with Gasteiger partial charge >= 0.3 is 7.60 Å². The highest BCUT2D eigenvalue weighted by atomic mass is 35.5. The van der Waals surface area contributed by atoms with E-state index in [0.717, 1.165) is 0 Å². The van der Waals surface area contributed by atoms with Gasteiger partial charge in [0.2, 0.25) is 0 Å². The van der Waals surface area contributed by atoms with Gasteiger partial charge in [-0.05, 0) is 40.4 Å². The minimum atomic E-state index is -3.18. The summed E-state index contributed by atoms with van der Waals surface area (Å²) < 4.78 is 22.1. The van der Waals surface area contributed by atoms with E-state index >= 15 is 0 Å². The predicted octanol–water partition coefficient (Wildman–Crippen LogP) is 4.00. The molecule has 0 aliphatic carbocycles. The SMILES string of the molecule is CC(C)(C)P(=O)(OCl)O[Si](C)(C)C. The monoisotopic (exact) mass is 244 g/mol. The summed E-state index contributed by atoms with van der Waals surface area (Å²) in [7, 11) is -5.07. The summed E-state index contributed by atoms with van der Waals surface area (Å²) in [5.41, 5.74) is 0. The summed E-state index contributed by atoms with van der Waals surface area (Å²) in [4.78, 5) is 0. The second-order valence-corrected chi connectivity index (χ2v) is 12.8. The topological polar surface area (TPSA) is 35.5 Å². The lowest BCUT2D eigenvalue weighted by atomic mass is 10.3. The van der Waals surface area contributed by atoms with Crippen molar-refractivity contribution in [3.8, 4) is 0 Å². The largest absolute Gasteiger partial charge is 0.350 e. The van der Waals surface area contributed by atoms with Gasteiger partial charge in [0.05, 0.1) is 17.0 Å². The molecule has 0 amide bonds. The molecule has 0 fully saturated rings. The fraction of sp³-hybridized carbons (Fsp3) is 1.00. The molecule has 0 aromatic carbocycles. The van der Waals surface area contributed by atoms with Crippen LogP contribution in [-0.4, -0.2) is 13.5 Å². The molecular formula is C7H18ClO3PSi. The molecule has 0 saturated heterocycles. The van der Waals surface area contributed by atoms with Crippen molar-refractivity contribution in [3.63, 3.8) is 0 Å². The number of rotatable bonds is 3. The smallest absolute Gasteiger partial charge is 0.342 e. The van der Waals surface area contributed by atoms with Crippen molar-refractivity contribution in [2.24, 2.45) is 0 Å². The molecular weight excluding hydrogens is 227 g/mol. The van der Waals surface area contributed by atoms with Crippen molar-refractivity contribution in [1.29, 1.82) is 0 Å². The minimum absolute atomic E-state index is 0.574. The number of hydrogen-bond donors (Lipinski definition) is 0. The van der Waals surface area contributed by atoms with Gasteiger partial charge in [-0.1, -0.05) is 0 Å². The Bertz CT molecular complexity index is 219. The van der Waals surface area contributed by atoms with Crippen molar-refractivity contribution in [1.82, 2.24) is 0 Å². The molecule has 1 atom stereocenters. The maximum atomic E-state index is 12.1. The van der Waals surface area contributed by atoms with Crippen LogP contribution in [0.15, 0.2) is 0 Å². The Labute approximate surface area is 86.6 Å². The second kappa shape index (κ2) is 4.03. The molecule has 0 bridgehead atoms. The van der Waals surface area contributed by atoms with Crippen molar-refractivity contribution < 1.29 is 12.9 Å². The zero-order chi connectivity index (χ0) is 10.9. The Hall–Kier alpha value is 0.657. The number of hydrogen-bond acceptors (Lipinski definition) is 3. The summed E-state index contributed by atoms with van der Waals surface area (Å²) in [6.07, 6.45) is 0. The van der Waals surface area contributed by atoms with Crippen molar-refractivity contribution in [2.75, 3.05) is 0 Å².